The predicted octanol–water partition coefficient (Wildman–Crippen LogP) is 8.00. The van der Waals surface area contributed by atoms with Crippen LogP contribution in [-0.2, 0) is 14.9 Å². The molecule has 1 aliphatic carbocycles. The number of hydrogen-bond acceptors (Lipinski definition) is 7. The molecule has 0 bridgehead atoms. The van der Waals surface area contributed by atoms with E-state index in [1.54, 1.807) is 90.1 Å². The molecule has 7 nitrogen and oxygen atoms in total. The molecule has 0 amide bonds. The number of rotatable bonds is 4. The molecule has 1 aliphatic rings. The Kier molecular flexibility index (Phi) is 6.85. The normalized spacial score (nSPS) is 14.0. The number of carbonyl (C=O) groups excluding carboxylic acids is 3. The van der Waals surface area contributed by atoms with Crippen molar-refractivity contribution >= 4 is 28.9 Å². The third kappa shape index (κ3) is 5.40. The van der Waals surface area contributed by atoms with Crippen molar-refractivity contribution in [2.45, 2.75) is 58.2 Å². The fourth-order valence-corrected chi connectivity index (χ4v) is 5.19. The molecule has 0 saturated heterocycles. The first kappa shape index (κ1) is 27.9. The monoisotopic (exact) mass is 552 g/mol. The Hall–Kier alpha value is -4.65. The van der Waals surface area contributed by atoms with Crippen LogP contribution in [0.2, 0.25) is 0 Å². The highest BCUT2D eigenvalue weighted by molar-refractivity contribution is 6.23. The smallest absolute Gasteiger partial charge is 0.428 e. The summed E-state index contributed by atoms with van der Waals surface area (Å²) in [7, 11) is 0. The van der Waals surface area contributed by atoms with E-state index >= 15 is 0 Å². The molecular formula is C34H32O7. The Balaban J connectivity index is 1.57. The number of hydrogen-bond donors (Lipinski definition) is 0. The molecule has 210 valence electrons. The van der Waals surface area contributed by atoms with Crippen LogP contribution in [0.3, 0.4) is 0 Å². The number of benzene rings is 4. The quantitative estimate of drug-likeness (QED) is 0.187. The highest BCUT2D eigenvalue weighted by Gasteiger charge is 2.50. The highest BCUT2D eigenvalue weighted by Crippen LogP contribution is 2.51. The molecule has 0 aromatic heterocycles. The Morgan fingerprint density at radius 2 is 1.05 bits per heavy atom. The number of ether oxygens (including phenoxy) is 4. The molecule has 0 atom stereocenters. The summed E-state index contributed by atoms with van der Waals surface area (Å²) in [6, 6.07) is 25.3. The van der Waals surface area contributed by atoms with Crippen molar-refractivity contribution in [1.29, 1.82) is 0 Å². The van der Waals surface area contributed by atoms with Gasteiger partial charge in [-0.3, -0.25) is 4.79 Å². The minimum Gasteiger partial charge on any atom is -0.428 e. The summed E-state index contributed by atoms with van der Waals surface area (Å²) in [4.78, 5) is 38.9. The molecule has 0 heterocycles. The summed E-state index contributed by atoms with van der Waals surface area (Å²) in [5.41, 5.74) is 0.297. The highest BCUT2D eigenvalue weighted by atomic mass is 16.7. The second-order valence-corrected chi connectivity index (χ2v) is 12.0. The van der Waals surface area contributed by atoms with Crippen molar-refractivity contribution in [3.63, 3.8) is 0 Å². The fraction of sp³-hybridized carbons (Fsp3) is 0.265. The Morgan fingerprint density at radius 1 is 0.610 bits per heavy atom. The molecule has 0 fully saturated rings. The van der Waals surface area contributed by atoms with Crippen LogP contribution in [0, 0.1) is 0 Å². The van der Waals surface area contributed by atoms with Gasteiger partial charge in [0.2, 0.25) is 0 Å². The van der Waals surface area contributed by atoms with Gasteiger partial charge in [-0.1, -0.05) is 60.7 Å². The van der Waals surface area contributed by atoms with Gasteiger partial charge < -0.3 is 18.9 Å². The third-order valence-electron chi connectivity index (χ3n) is 6.65. The van der Waals surface area contributed by atoms with Gasteiger partial charge in [-0.05, 0) is 93.3 Å². The second-order valence-electron chi connectivity index (χ2n) is 12.0. The molecule has 0 unspecified atom stereocenters. The standard InChI is InChI=1S/C34H32O7/c1-32(2,3)40-30(36)38-24-17-13-22(14-18-24)34(23-15-19-25(20-16-23)39-31(37)41-33(4,5)6)27-12-8-10-21-9-7-11-26(28(21)27)29(34)35/h7-20H,1-6H3. The van der Waals surface area contributed by atoms with Crippen molar-refractivity contribution < 1.29 is 33.3 Å². The van der Waals surface area contributed by atoms with Gasteiger partial charge in [-0.15, -0.1) is 0 Å². The molecule has 0 aliphatic heterocycles. The summed E-state index contributed by atoms with van der Waals surface area (Å²) in [5.74, 6) is 0.506. The first-order valence-corrected chi connectivity index (χ1v) is 13.4. The first-order valence-electron chi connectivity index (χ1n) is 13.4. The molecule has 0 N–H and O–H groups in total. The minimum atomic E-state index is -1.18. The van der Waals surface area contributed by atoms with Gasteiger partial charge in [-0.2, -0.15) is 0 Å². The molecule has 0 radical (unpaired) electrons. The number of Topliss-reactive ketones (excluding diaryl/α,β-unsaturated/α-hetero) is 1. The molecule has 41 heavy (non-hydrogen) atoms. The van der Waals surface area contributed by atoms with Gasteiger partial charge in [0, 0.05) is 5.56 Å². The van der Waals surface area contributed by atoms with Crippen LogP contribution in [0.15, 0.2) is 84.9 Å². The minimum absolute atomic E-state index is 0.0779. The van der Waals surface area contributed by atoms with E-state index in [-0.39, 0.29) is 5.78 Å². The molecule has 4 aromatic rings. The van der Waals surface area contributed by atoms with Gasteiger partial charge in [0.25, 0.3) is 0 Å². The lowest BCUT2D eigenvalue weighted by atomic mass is 9.69. The third-order valence-corrected chi connectivity index (χ3v) is 6.65. The molecule has 0 saturated carbocycles. The average Bonchev–Trinajstić information content (AvgIpc) is 3.13. The zero-order valence-electron chi connectivity index (χ0n) is 23.9. The van der Waals surface area contributed by atoms with Crippen LogP contribution in [-0.4, -0.2) is 29.3 Å². The molecule has 0 spiro atoms. The van der Waals surface area contributed by atoms with E-state index < -0.39 is 28.9 Å². The van der Waals surface area contributed by atoms with Gasteiger partial charge >= 0.3 is 12.3 Å². The maximum Gasteiger partial charge on any atom is 0.514 e. The van der Waals surface area contributed by atoms with Crippen molar-refractivity contribution in [3.05, 3.63) is 107 Å². The SMILES string of the molecule is CC(C)(C)OC(=O)Oc1ccc(C2(c3ccc(OC(=O)OC(C)(C)C)cc3)C(=O)c3cccc4cccc2c34)cc1. The average molecular weight is 553 g/mol. The van der Waals surface area contributed by atoms with E-state index in [2.05, 4.69) is 0 Å². The zero-order chi connectivity index (χ0) is 29.6. The van der Waals surface area contributed by atoms with Gasteiger partial charge in [0.05, 0.1) is 0 Å². The molecule has 7 heteroatoms. The molecule has 4 aromatic carbocycles. The summed E-state index contributed by atoms with van der Waals surface area (Å²) >= 11 is 0. The van der Waals surface area contributed by atoms with E-state index in [0.29, 0.717) is 28.2 Å². The van der Waals surface area contributed by atoms with Crippen LogP contribution < -0.4 is 9.47 Å². The maximum absolute atomic E-state index is 14.4. The first-order chi connectivity index (χ1) is 19.3. The Morgan fingerprint density at radius 3 is 1.49 bits per heavy atom. The van der Waals surface area contributed by atoms with Crippen molar-refractivity contribution in [2.75, 3.05) is 0 Å². The summed E-state index contributed by atoms with van der Waals surface area (Å²) in [6.07, 6.45) is -1.62. The van der Waals surface area contributed by atoms with E-state index in [1.807, 2.05) is 36.4 Å². The van der Waals surface area contributed by atoms with Crippen LogP contribution in [0.5, 0.6) is 11.5 Å². The predicted molar refractivity (Wildman–Crippen MR) is 155 cm³/mol. The van der Waals surface area contributed by atoms with Crippen LogP contribution in [0.4, 0.5) is 9.59 Å². The van der Waals surface area contributed by atoms with Gasteiger partial charge in [-0.25, -0.2) is 9.59 Å². The van der Waals surface area contributed by atoms with Crippen LogP contribution in [0.1, 0.15) is 68.6 Å². The maximum atomic E-state index is 14.4. The zero-order valence-corrected chi connectivity index (χ0v) is 23.9. The van der Waals surface area contributed by atoms with Crippen molar-refractivity contribution in [1.82, 2.24) is 0 Å². The summed E-state index contributed by atoms with van der Waals surface area (Å²) in [6.45, 7) is 10.6. The molecular weight excluding hydrogens is 520 g/mol. The lowest BCUT2D eigenvalue weighted by Gasteiger charge is -2.31. The number of carbonyl (C=O) groups is 3. The van der Waals surface area contributed by atoms with Crippen molar-refractivity contribution in [3.8, 4) is 11.5 Å². The topological polar surface area (TPSA) is 88.1 Å². The summed E-state index contributed by atoms with van der Waals surface area (Å²) in [5, 5.41) is 1.85. The second kappa shape index (κ2) is 10.1. The van der Waals surface area contributed by atoms with E-state index in [4.69, 9.17) is 18.9 Å². The van der Waals surface area contributed by atoms with Gasteiger partial charge in [0.15, 0.2) is 5.78 Å². The lowest BCUT2D eigenvalue weighted by Crippen LogP contribution is -2.35. The lowest BCUT2D eigenvalue weighted by molar-refractivity contribution is 0.0193. The Labute approximate surface area is 239 Å². The van der Waals surface area contributed by atoms with Crippen LogP contribution in [0.25, 0.3) is 10.8 Å². The van der Waals surface area contributed by atoms with Crippen LogP contribution >= 0.6 is 0 Å². The van der Waals surface area contributed by atoms with E-state index in [0.717, 1.165) is 16.3 Å². The van der Waals surface area contributed by atoms with Crippen molar-refractivity contribution in [2.24, 2.45) is 0 Å². The Bertz CT molecular complexity index is 1560. The van der Waals surface area contributed by atoms with Gasteiger partial charge in [0.1, 0.15) is 28.1 Å². The van der Waals surface area contributed by atoms with E-state index in [1.165, 1.54) is 0 Å². The molecule has 5 rings (SSSR count). The fourth-order valence-electron chi connectivity index (χ4n) is 5.19. The largest absolute Gasteiger partial charge is 0.514 e. The summed E-state index contributed by atoms with van der Waals surface area (Å²) < 4.78 is 21.3. The van der Waals surface area contributed by atoms with E-state index in [9.17, 15) is 14.4 Å². The number of ketones is 1.